The fraction of sp³-hybridized carbons (Fsp3) is 0.133. The fourth-order valence-corrected chi connectivity index (χ4v) is 3.51. The zero-order chi connectivity index (χ0) is 15.0. The third-order valence-electron chi connectivity index (χ3n) is 3.28. The fourth-order valence-electron chi connectivity index (χ4n) is 2.28. The van der Waals surface area contributed by atoms with E-state index in [0.29, 0.717) is 22.8 Å². The number of nitrogens with zero attached hydrogens (tertiary/aromatic N) is 1. The third-order valence-corrected chi connectivity index (χ3v) is 4.59. The van der Waals surface area contributed by atoms with Gasteiger partial charge < -0.3 is 9.47 Å². The number of sulfonamides is 1. The Morgan fingerprint density at radius 2 is 1.57 bits per heavy atom. The van der Waals surface area contributed by atoms with E-state index in [1.165, 1.54) is 20.3 Å². The maximum Gasteiger partial charge on any atom is 0.283 e. The number of hydrogen-bond acceptors (Lipinski definition) is 4. The summed E-state index contributed by atoms with van der Waals surface area (Å²) in [4.78, 5) is 0.138. The molecule has 0 fully saturated rings. The number of ether oxygens (including phenoxy) is 2. The highest BCUT2D eigenvalue weighted by atomic mass is 32.2. The number of benzene rings is 2. The lowest BCUT2D eigenvalue weighted by molar-refractivity contribution is 0.354. The average molecular weight is 303 g/mol. The highest BCUT2D eigenvalue weighted by molar-refractivity contribution is 7.90. The lowest BCUT2D eigenvalue weighted by Gasteiger charge is -2.10. The summed E-state index contributed by atoms with van der Waals surface area (Å²) in [5, 5.41) is 0. The van der Waals surface area contributed by atoms with Crippen molar-refractivity contribution < 1.29 is 17.9 Å². The molecule has 0 aliphatic carbocycles. The van der Waals surface area contributed by atoms with Crippen molar-refractivity contribution >= 4 is 15.7 Å². The van der Waals surface area contributed by atoms with E-state index in [-0.39, 0.29) is 4.90 Å². The van der Waals surface area contributed by atoms with Crippen LogP contribution in [0.3, 0.4) is 0 Å². The Balaban J connectivity index is 2.27. The van der Waals surface area contributed by atoms with Gasteiger partial charge in [0.05, 0.1) is 19.9 Å². The largest absolute Gasteiger partial charge is 0.493 e. The van der Waals surface area contributed by atoms with E-state index in [4.69, 9.17) is 9.47 Å². The second-order valence-electron chi connectivity index (χ2n) is 4.48. The molecule has 0 unspecified atom stereocenters. The van der Waals surface area contributed by atoms with E-state index in [0.717, 1.165) is 5.56 Å². The molecule has 0 atom stereocenters. The molecule has 0 bridgehead atoms. The van der Waals surface area contributed by atoms with Gasteiger partial charge in [0.15, 0.2) is 11.5 Å². The number of fused-ring (bicyclic) bond motifs is 1. The number of rotatable bonds is 3. The van der Waals surface area contributed by atoms with Crippen molar-refractivity contribution in [3.8, 4) is 11.5 Å². The first-order valence-corrected chi connectivity index (χ1v) is 7.67. The molecular formula is C15H13NO4S. The van der Waals surface area contributed by atoms with Gasteiger partial charge in [0.2, 0.25) is 0 Å². The molecular weight excluding hydrogens is 290 g/mol. The van der Waals surface area contributed by atoms with Crippen molar-refractivity contribution in [3.63, 3.8) is 0 Å². The van der Waals surface area contributed by atoms with Crippen molar-refractivity contribution in [1.29, 1.82) is 0 Å². The van der Waals surface area contributed by atoms with Crippen LogP contribution in [0.4, 0.5) is 0 Å². The summed E-state index contributed by atoms with van der Waals surface area (Å²) in [5.41, 5.74) is 1.69. The van der Waals surface area contributed by atoms with Crippen molar-refractivity contribution in [3.05, 3.63) is 53.6 Å². The highest BCUT2D eigenvalue weighted by Crippen LogP contribution is 2.38. The third kappa shape index (κ3) is 2.17. The highest BCUT2D eigenvalue weighted by Gasteiger charge is 2.31. The van der Waals surface area contributed by atoms with Crippen LogP contribution in [0, 0.1) is 0 Å². The number of hydrogen-bond donors (Lipinski definition) is 0. The minimum absolute atomic E-state index is 0.138. The lowest BCUT2D eigenvalue weighted by Crippen LogP contribution is -2.02. The second kappa shape index (κ2) is 4.89. The van der Waals surface area contributed by atoms with E-state index < -0.39 is 10.0 Å². The SMILES string of the molecule is COc1cc2c(cc1OC)S(=O)(=O)N=C2c1ccccc1. The standard InChI is InChI=1S/C15H13NO4S/c1-19-12-8-11-14(9-13(12)20-2)21(17,18)16-15(11)10-6-4-3-5-7-10/h3-9H,1-2H3. The smallest absolute Gasteiger partial charge is 0.283 e. The molecule has 5 nitrogen and oxygen atoms in total. The molecule has 1 aliphatic rings. The van der Waals surface area contributed by atoms with Gasteiger partial charge in [-0.3, -0.25) is 0 Å². The molecule has 0 amide bonds. The van der Waals surface area contributed by atoms with Crippen molar-refractivity contribution in [2.24, 2.45) is 4.40 Å². The van der Waals surface area contributed by atoms with Crippen LogP contribution < -0.4 is 9.47 Å². The van der Waals surface area contributed by atoms with Gasteiger partial charge in [0.25, 0.3) is 10.0 Å². The average Bonchev–Trinajstić information content (AvgIpc) is 2.78. The summed E-state index contributed by atoms with van der Waals surface area (Å²) in [6.45, 7) is 0. The van der Waals surface area contributed by atoms with Crippen molar-refractivity contribution in [1.82, 2.24) is 0 Å². The topological polar surface area (TPSA) is 65.0 Å². The van der Waals surface area contributed by atoms with E-state index in [1.54, 1.807) is 6.07 Å². The van der Waals surface area contributed by atoms with Crippen molar-refractivity contribution in [2.45, 2.75) is 4.90 Å². The molecule has 0 saturated heterocycles. The van der Waals surface area contributed by atoms with Crippen LogP contribution in [0.1, 0.15) is 11.1 Å². The monoisotopic (exact) mass is 303 g/mol. The molecule has 1 heterocycles. The van der Waals surface area contributed by atoms with E-state index in [1.807, 2.05) is 30.3 Å². The Morgan fingerprint density at radius 3 is 2.19 bits per heavy atom. The Morgan fingerprint density at radius 1 is 0.952 bits per heavy atom. The van der Waals surface area contributed by atoms with Gasteiger partial charge >= 0.3 is 0 Å². The Labute approximate surface area is 122 Å². The molecule has 2 aromatic carbocycles. The molecule has 1 aliphatic heterocycles. The van der Waals surface area contributed by atoms with Gasteiger partial charge in [-0.05, 0) is 6.07 Å². The van der Waals surface area contributed by atoms with Gasteiger partial charge in [0, 0.05) is 17.2 Å². The summed E-state index contributed by atoms with van der Waals surface area (Å²) < 4.78 is 38.7. The van der Waals surface area contributed by atoms with E-state index >= 15 is 0 Å². The minimum atomic E-state index is -3.71. The Bertz CT molecular complexity index is 826. The molecule has 0 aromatic heterocycles. The normalized spacial score (nSPS) is 15.2. The molecule has 3 rings (SSSR count). The van der Waals surface area contributed by atoms with Gasteiger partial charge in [-0.25, -0.2) is 0 Å². The number of methoxy groups -OCH3 is 2. The summed E-state index contributed by atoms with van der Waals surface area (Å²) in [7, 11) is -0.738. The molecule has 6 heteroatoms. The Hall–Kier alpha value is -2.34. The molecule has 0 radical (unpaired) electrons. The minimum Gasteiger partial charge on any atom is -0.493 e. The van der Waals surface area contributed by atoms with Crippen LogP contribution >= 0.6 is 0 Å². The zero-order valence-corrected chi connectivity index (χ0v) is 12.3. The summed E-state index contributed by atoms with van der Waals surface area (Å²) in [6.07, 6.45) is 0. The lowest BCUT2D eigenvalue weighted by atomic mass is 10.0. The van der Waals surface area contributed by atoms with Crippen LogP contribution in [0.5, 0.6) is 11.5 Å². The van der Waals surface area contributed by atoms with Gasteiger partial charge in [-0.15, -0.1) is 0 Å². The first-order chi connectivity index (χ1) is 10.1. The summed E-state index contributed by atoms with van der Waals surface area (Å²) in [5.74, 6) is 0.835. The van der Waals surface area contributed by atoms with E-state index in [2.05, 4.69) is 4.40 Å². The Kier molecular flexibility index (Phi) is 3.17. The van der Waals surface area contributed by atoms with Crippen LogP contribution in [-0.2, 0) is 10.0 Å². The molecule has 21 heavy (non-hydrogen) atoms. The molecule has 0 saturated carbocycles. The van der Waals surface area contributed by atoms with Crippen LogP contribution in [0.25, 0.3) is 0 Å². The zero-order valence-electron chi connectivity index (χ0n) is 11.5. The maximum absolute atomic E-state index is 12.2. The van der Waals surface area contributed by atoms with Crippen LogP contribution in [-0.4, -0.2) is 28.3 Å². The van der Waals surface area contributed by atoms with E-state index in [9.17, 15) is 8.42 Å². The quantitative estimate of drug-likeness (QED) is 0.872. The first kappa shape index (κ1) is 13.6. The second-order valence-corrected chi connectivity index (χ2v) is 6.06. The van der Waals surface area contributed by atoms with Gasteiger partial charge in [-0.1, -0.05) is 30.3 Å². The molecule has 0 N–H and O–H groups in total. The maximum atomic E-state index is 12.2. The van der Waals surface area contributed by atoms with Gasteiger partial charge in [-0.2, -0.15) is 12.8 Å². The summed E-state index contributed by atoms with van der Waals surface area (Å²) in [6, 6.07) is 12.3. The predicted octanol–water partition coefficient (Wildman–Crippen LogP) is 2.24. The molecule has 0 spiro atoms. The van der Waals surface area contributed by atoms with Crippen LogP contribution in [0.15, 0.2) is 51.8 Å². The first-order valence-electron chi connectivity index (χ1n) is 6.23. The van der Waals surface area contributed by atoms with Crippen molar-refractivity contribution in [2.75, 3.05) is 14.2 Å². The molecule has 2 aromatic rings. The summed E-state index contributed by atoms with van der Waals surface area (Å²) >= 11 is 0. The molecule has 108 valence electrons. The predicted molar refractivity (Wildman–Crippen MR) is 78.8 cm³/mol. The van der Waals surface area contributed by atoms with Gasteiger partial charge in [0.1, 0.15) is 4.90 Å². The van der Waals surface area contributed by atoms with Crippen LogP contribution in [0.2, 0.25) is 0 Å².